The molecule has 0 aliphatic carbocycles. The molecule has 0 saturated carbocycles. The van der Waals surface area contributed by atoms with E-state index in [1.165, 1.54) is 6.21 Å². The second-order valence-electron chi connectivity index (χ2n) is 7.22. The third-order valence-electron chi connectivity index (χ3n) is 5.06. The van der Waals surface area contributed by atoms with Crippen LogP contribution < -0.4 is 15.5 Å². The van der Waals surface area contributed by atoms with Gasteiger partial charge in [0, 0.05) is 24.3 Å². The molecule has 0 unspecified atom stereocenters. The smallest absolute Gasteiger partial charge is 0.329 e. The van der Waals surface area contributed by atoms with E-state index in [1.807, 2.05) is 19.9 Å². The van der Waals surface area contributed by atoms with Gasteiger partial charge in [-0.1, -0.05) is 24.3 Å². The number of hydrazone groups is 1. The Morgan fingerprint density at radius 3 is 2.59 bits per heavy atom. The molecular formula is C23H26N4O5. The van der Waals surface area contributed by atoms with Crippen LogP contribution in [0.1, 0.15) is 16.7 Å². The first-order valence-corrected chi connectivity index (χ1v) is 10.2. The second kappa shape index (κ2) is 11.1. The Morgan fingerprint density at radius 2 is 1.81 bits per heavy atom. The van der Waals surface area contributed by atoms with Crippen molar-refractivity contribution in [3.63, 3.8) is 0 Å². The minimum absolute atomic E-state index is 0.116. The van der Waals surface area contributed by atoms with E-state index in [-0.39, 0.29) is 12.5 Å². The molecule has 3 rings (SSSR count). The van der Waals surface area contributed by atoms with Crippen molar-refractivity contribution in [2.24, 2.45) is 5.10 Å². The molecular weight excluding hydrogens is 412 g/mol. The van der Waals surface area contributed by atoms with Gasteiger partial charge in [-0.25, -0.2) is 5.43 Å². The fraction of sp³-hybridized carbons (Fsp3) is 0.304. The summed E-state index contributed by atoms with van der Waals surface area (Å²) in [5.41, 5.74) is 5.21. The summed E-state index contributed by atoms with van der Waals surface area (Å²) in [6, 6.07) is 12.4. The van der Waals surface area contributed by atoms with Gasteiger partial charge in [0.2, 0.25) is 0 Å². The highest BCUT2D eigenvalue weighted by Crippen LogP contribution is 2.18. The average molecular weight is 438 g/mol. The highest BCUT2D eigenvalue weighted by atomic mass is 16.5. The first-order chi connectivity index (χ1) is 15.5. The molecule has 1 heterocycles. The maximum atomic E-state index is 12.3. The molecule has 2 aromatic carbocycles. The maximum Gasteiger partial charge on any atom is 0.329 e. The number of amides is 3. The number of hydrogen-bond acceptors (Lipinski definition) is 6. The molecule has 1 aliphatic rings. The summed E-state index contributed by atoms with van der Waals surface area (Å²) in [6.07, 6.45) is 1.36. The first-order valence-electron chi connectivity index (χ1n) is 10.2. The van der Waals surface area contributed by atoms with Gasteiger partial charge in [-0.05, 0) is 43.2 Å². The summed E-state index contributed by atoms with van der Waals surface area (Å²) in [4.78, 5) is 38.2. The van der Waals surface area contributed by atoms with E-state index in [0.717, 1.165) is 11.1 Å². The zero-order valence-corrected chi connectivity index (χ0v) is 18.1. The highest BCUT2D eigenvalue weighted by Gasteiger charge is 2.18. The van der Waals surface area contributed by atoms with Crippen molar-refractivity contribution >= 4 is 29.6 Å². The number of aryl methyl sites for hydroxylation is 1. The lowest BCUT2D eigenvalue weighted by atomic mass is 10.1. The Bertz CT molecular complexity index is 1020. The van der Waals surface area contributed by atoms with Crippen LogP contribution in [-0.4, -0.2) is 61.7 Å². The van der Waals surface area contributed by atoms with Gasteiger partial charge in [0.1, 0.15) is 5.75 Å². The number of ether oxygens (including phenoxy) is 2. The fourth-order valence-electron chi connectivity index (χ4n) is 3.04. The molecule has 2 aromatic rings. The van der Waals surface area contributed by atoms with Gasteiger partial charge in [-0.3, -0.25) is 14.4 Å². The Morgan fingerprint density at radius 1 is 1.06 bits per heavy atom. The van der Waals surface area contributed by atoms with Crippen LogP contribution in [0.5, 0.6) is 5.75 Å². The summed E-state index contributed by atoms with van der Waals surface area (Å²) in [7, 11) is 0. The van der Waals surface area contributed by atoms with Crippen LogP contribution in [0.25, 0.3) is 0 Å². The zero-order chi connectivity index (χ0) is 22.9. The molecule has 3 amide bonds. The molecule has 1 aliphatic heterocycles. The summed E-state index contributed by atoms with van der Waals surface area (Å²) in [5, 5.41) is 6.42. The summed E-state index contributed by atoms with van der Waals surface area (Å²) in [5.74, 6) is -1.41. The molecule has 1 saturated heterocycles. The Kier molecular flexibility index (Phi) is 7.93. The quantitative estimate of drug-likeness (QED) is 0.405. The Hall–Kier alpha value is -3.72. The molecule has 0 radical (unpaired) electrons. The van der Waals surface area contributed by atoms with Crippen LogP contribution in [-0.2, 0) is 19.1 Å². The first kappa shape index (κ1) is 23.0. The second-order valence-corrected chi connectivity index (χ2v) is 7.22. The predicted octanol–water partition coefficient (Wildman–Crippen LogP) is 1.63. The minimum Gasteiger partial charge on any atom is -0.483 e. The molecule has 0 bridgehead atoms. The van der Waals surface area contributed by atoms with Crippen LogP contribution in [0.3, 0.4) is 0 Å². The third-order valence-corrected chi connectivity index (χ3v) is 5.06. The van der Waals surface area contributed by atoms with E-state index in [9.17, 15) is 14.4 Å². The summed E-state index contributed by atoms with van der Waals surface area (Å²) >= 11 is 0. The molecule has 9 nitrogen and oxygen atoms in total. The summed E-state index contributed by atoms with van der Waals surface area (Å²) < 4.78 is 10.9. The Labute approximate surface area is 186 Å². The largest absolute Gasteiger partial charge is 0.483 e. The standard InChI is InChI=1S/C23H26N4O5/c1-16-6-5-8-19(17(16)2)25-22(29)23(30)26-24-14-18-7-3-4-9-20(18)32-15-21(28)27-10-12-31-13-11-27/h3-9,14H,10-13,15H2,1-2H3,(H,25,29)(H,26,30)/b24-14-. The molecule has 168 valence electrons. The van der Waals surface area contributed by atoms with E-state index in [2.05, 4.69) is 15.8 Å². The van der Waals surface area contributed by atoms with Crippen LogP contribution in [0.15, 0.2) is 47.6 Å². The highest BCUT2D eigenvalue weighted by molar-refractivity contribution is 6.39. The number of hydrogen-bond donors (Lipinski definition) is 2. The van der Waals surface area contributed by atoms with Crippen molar-refractivity contribution in [3.8, 4) is 5.75 Å². The van der Waals surface area contributed by atoms with E-state index >= 15 is 0 Å². The number of benzene rings is 2. The van der Waals surface area contributed by atoms with Gasteiger partial charge < -0.3 is 19.7 Å². The van der Waals surface area contributed by atoms with Crippen molar-refractivity contribution in [2.45, 2.75) is 13.8 Å². The van der Waals surface area contributed by atoms with Gasteiger partial charge in [-0.2, -0.15) is 5.10 Å². The number of para-hydroxylation sites is 1. The van der Waals surface area contributed by atoms with E-state index in [4.69, 9.17) is 9.47 Å². The lowest BCUT2D eigenvalue weighted by molar-refractivity contribution is -0.137. The Balaban J connectivity index is 1.54. The van der Waals surface area contributed by atoms with Crippen LogP contribution in [0.4, 0.5) is 5.69 Å². The predicted molar refractivity (Wildman–Crippen MR) is 120 cm³/mol. The van der Waals surface area contributed by atoms with Crippen LogP contribution >= 0.6 is 0 Å². The third kappa shape index (κ3) is 6.14. The van der Waals surface area contributed by atoms with E-state index in [1.54, 1.807) is 41.3 Å². The van der Waals surface area contributed by atoms with Crippen molar-refractivity contribution < 1.29 is 23.9 Å². The van der Waals surface area contributed by atoms with Gasteiger partial charge in [0.15, 0.2) is 6.61 Å². The minimum atomic E-state index is -0.900. The average Bonchev–Trinajstić information content (AvgIpc) is 2.81. The fourth-order valence-corrected chi connectivity index (χ4v) is 3.04. The van der Waals surface area contributed by atoms with E-state index in [0.29, 0.717) is 43.3 Å². The van der Waals surface area contributed by atoms with Crippen molar-refractivity contribution in [1.29, 1.82) is 0 Å². The van der Waals surface area contributed by atoms with Crippen molar-refractivity contribution in [3.05, 3.63) is 59.2 Å². The van der Waals surface area contributed by atoms with Crippen LogP contribution in [0, 0.1) is 13.8 Å². The number of rotatable bonds is 6. The number of carbonyl (C=O) groups is 3. The number of anilines is 1. The van der Waals surface area contributed by atoms with Gasteiger partial charge in [-0.15, -0.1) is 0 Å². The number of morpholine rings is 1. The molecule has 0 spiro atoms. The van der Waals surface area contributed by atoms with Gasteiger partial charge in [0.25, 0.3) is 5.91 Å². The lowest BCUT2D eigenvalue weighted by Crippen LogP contribution is -2.43. The lowest BCUT2D eigenvalue weighted by Gasteiger charge is -2.26. The summed E-state index contributed by atoms with van der Waals surface area (Å²) in [6.45, 7) is 5.79. The normalized spacial score (nSPS) is 13.6. The van der Waals surface area contributed by atoms with Crippen molar-refractivity contribution in [1.82, 2.24) is 10.3 Å². The zero-order valence-electron chi connectivity index (χ0n) is 18.1. The molecule has 0 aromatic heterocycles. The van der Waals surface area contributed by atoms with Gasteiger partial charge in [0.05, 0.1) is 19.4 Å². The molecule has 32 heavy (non-hydrogen) atoms. The van der Waals surface area contributed by atoms with E-state index < -0.39 is 11.8 Å². The SMILES string of the molecule is Cc1cccc(NC(=O)C(=O)N/N=C\c2ccccc2OCC(=O)N2CCOCC2)c1C. The van der Waals surface area contributed by atoms with Crippen LogP contribution in [0.2, 0.25) is 0 Å². The number of nitrogens with zero attached hydrogens (tertiary/aromatic N) is 2. The molecule has 9 heteroatoms. The number of carbonyl (C=O) groups excluding carboxylic acids is 3. The monoisotopic (exact) mass is 438 g/mol. The molecule has 1 fully saturated rings. The number of nitrogens with one attached hydrogen (secondary N) is 2. The topological polar surface area (TPSA) is 109 Å². The molecule has 2 N–H and O–H groups in total. The maximum absolute atomic E-state index is 12.3. The van der Waals surface area contributed by atoms with Crippen molar-refractivity contribution in [2.75, 3.05) is 38.2 Å². The van der Waals surface area contributed by atoms with Gasteiger partial charge >= 0.3 is 11.8 Å². The molecule has 0 atom stereocenters.